The Balaban J connectivity index is 1.23. The van der Waals surface area contributed by atoms with Gasteiger partial charge in [0.25, 0.3) is 0 Å². The van der Waals surface area contributed by atoms with Gasteiger partial charge in [-0.2, -0.15) is 10.2 Å². The molecule has 3 aliphatic carbocycles. The Morgan fingerprint density at radius 2 is 1.96 bits per heavy atom. The van der Waals surface area contributed by atoms with Crippen LogP contribution >= 0.6 is 11.3 Å². The largest absolute Gasteiger partial charge is 0.473 e. The predicted molar refractivity (Wildman–Crippen MR) is 187 cm³/mol. The maximum Gasteiger partial charge on any atom is 0.410 e. The van der Waals surface area contributed by atoms with Gasteiger partial charge in [-0.25, -0.2) is 14.2 Å². The molecule has 0 saturated carbocycles. The summed E-state index contributed by atoms with van der Waals surface area (Å²) in [7, 11) is 1.92. The smallest absolute Gasteiger partial charge is 0.410 e. The summed E-state index contributed by atoms with van der Waals surface area (Å²) >= 11 is 1.51. The minimum atomic E-state index is -0.912. The molecule has 51 heavy (non-hydrogen) atoms. The number of ether oxygens (including phenoxy) is 3. The highest BCUT2D eigenvalue weighted by atomic mass is 32.1. The number of thiophene rings is 1. The standard InChI is InChI=1S/C37H46FN7O5S/c1-20(25-16-21(38)18-44(25)5)48-33-23-10-13-37(19-45(14-15-47-37)34(46)49-35(2,3)4)29(23)41-32(42-33)28-22-8-6-11-36(30(22)50-43-28)12-7-9-26-27(36)24(17-39)31(40)51-26/h20-21,25H,6-16,18-19,40H2,1-5H3/t20-,21+,25-,36-,37-/m0/s1. The molecule has 2 aliphatic heterocycles. The Morgan fingerprint density at radius 1 is 1.18 bits per heavy atom. The van der Waals surface area contributed by atoms with Gasteiger partial charge in [-0.05, 0) is 98.1 Å². The van der Waals surface area contributed by atoms with Gasteiger partial charge in [-0.15, -0.1) is 11.3 Å². The van der Waals surface area contributed by atoms with Crippen molar-refractivity contribution in [3.63, 3.8) is 0 Å². The molecule has 3 aromatic rings. The zero-order valence-corrected chi connectivity index (χ0v) is 30.8. The molecule has 0 radical (unpaired) electrons. The van der Waals surface area contributed by atoms with Crippen molar-refractivity contribution < 1.29 is 27.9 Å². The number of carbonyl (C=O) groups is 1. The van der Waals surface area contributed by atoms with Crippen LogP contribution in [0.1, 0.15) is 105 Å². The number of carbonyl (C=O) groups excluding carboxylic acids is 1. The van der Waals surface area contributed by atoms with Crippen molar-refractivity contribution in [2.75, 3.05) is 39.0 Å². The van der Waals surface area contributed by atoms with Gasteiger partial charge in [0.15, 0.2) is 17.3 Å². The van der Waals surface area contributed by atoms with E-state index in [2.05, 4.69) is 11.2 Å². The zero-order valence-electron chi connectivity index (χ0n) is 30.0. The van der Waals surface area contributed by atoms with Crippen LogP contribution in [0, 0.1) is 11.3 Å². The van der Waals surface area contributed by atoms with Crippen LogP contribution in [0.3, 0.4) is 0 Å². The third-order valence-electron chi connectivity index (χ3n) is 11.5. The molecule has 3 aromatic heterocycles. The highest BCUT2D eigenvalue weighted by Gasteiger charge is 2.51. The summed E-state index contributed by atoms with van der Waals surface area (Å²) in [5.41, 5.74) is 8.89. The van der Waals surface area contributed by atoms with E-state index >= 15 is 0 Å². The van der Waals surface area contributed by atoms with Crippen LogP contribution in [0.25, 0.3) is 11.5 Å². The minimum absolute atomic E-state index is 0.120. The Bertz CT molecular complexity index is 1910. The van der Waals surface area contributed by atoms with Gasteiger partial charge in [0.2, 0.25) is 5.88 Å². The Kier molecular flexibility index (Phi) is 8.35. The molecule has 5 atom stereocenters. The first-order chi connectivity index (χ1) is 24.3. The van der Waals surface area contributed by atoms with Gasteiger partial charge in [0.05, 0.1) is 29.8 Å². The first-order valence-electron chi connectivity index (χ1n) is 18.2. The second-order valence-electron chi connectivity index (χ2n) is 16.0. The van der Waals surface area contributed by atoms with E-state index in [1.54, 1.807) is 4.90 Å². The topological polar surface area (TPSA) is 153 Å². The molecule has 8 rings (SSSR count). The lowest BCUT2D eigenvalue weighted by atomic mass is 9.63. The van der Waals surface area contributed by atoms with Crippen LogP contribution in [0.5, 0.6) is 5.88 Å². The fraction of sp³-hybridized carbons (Fsp3) is 0.649. The lowest BCUT2D eigenvalue weighted by Crippen LogP contribution is -2.52. The lowest BCUT2D eigenvalue weighted by Gasteiger charge is -2.40. The molecule has 2 saturated heterocycles. The van der Waals surface area contributed by atoms with Crippen molar-refractivity contribution >= 4 is 22.4 Å². The maximum atomic E-state index is 14.5. The highest BCUT2D eigenvalue weighted by Crippen LogP contribution is 2.55. The maximum absolute atomic E-state index is 14.5. The van der Waals surface area contributed by atoms with E-state index in [1.807, 2.05) is 39.6 Å². The summed E-state index contributed by atoms with van der Waals surface area (Å²) in [6, 6.07) is 2.27. The number of nitrogens with zero attached hydrogens (tertiary/aromatic N) is 6. The van der Waals surface area contributed by atoms with Gasteiger partial charge < -0.3 is 29.4 Å². The molecule has 0 aromatic carbocycles. The van der Waals surface area contributed by atoms with Crippen LogP contribution in [-0.4, -0.2) is 88.2 Å². The van der Waals surface area contributed by atoms with Gasteiger partial charge in [0.1, 0.15) is 34.5 Å². The van der Waals surface area contributed by atoms with Crippen LogP contribution < -0.4 is 10.5 Å². The number of nitrogens with two attached hydrogens (primary N) is 1. The summed E-state index contributed by atoms with van der Waals surface area (Å²) in [6.45, 7) is 8.89. The van der Waals surface area contributed by atoms with E-state index in [1.165, 1.54) is 11.3 Å². The number of aryl methyl sites for hydroxylation is 1. The Labute approximate surface area is 301 Å². The normalized spacial score (nSPS) is 28.0. The van der Waals surface area contributed by atoms with E-state index < -0.39 is 28.9 Å². The molecule has 0 bridgehead atoms. The number of aromatic nitrogens is 3. The van der Waals surface area contributed by atoms with Crippen LogP contribution in [0.2, 0.25) is 0 Å². The molecule has 2 spiro atoms. The minimum Gasteiger partial charge on any atom is -0.473 e. The number of likely N-dealkylation sites (N-methyl/N-ethyl adjacent to an activating group) is 1. The van der Waals surface area contributed by atoms with E-state index in [-0.39, 0.29) is 18.7 Å². The molecule has 14 heteroatoms. The molecule has 1 amide bonds. The van der Waals surface area contributed by atoms with Crippen LogP contribution in [0.4, 0.5) is 14.2 Å². The second-order valence-corrected chi connectivity index (χ2v) is 17.1. The molecule has 0 unspecified atom stereocenters. The quantitative estimate of drug-likeness (QED) is 0.347. The van der Waals surface area contributed by atoms with Crippen molar-refractivity contribution in [2.45, 2.75) is 120 Å². The molecule has 2 N–H and O–H groups in total. The number of halogens is 1. The number of morpholine rings is 1. The molecule has 2 fully saturated rings. The number of fused-ring (bicyclic) bond motifs is 6. The summed E-state index contributed by atoms with van der Waals surface area (Å²) in [6.07, 6.45) is 5.02. The molecule has 5 heterocycles. The Morgan fingerprint density at radius 3 is 2.69 bits per heavy atom. The predicted octanol–water partition coefficient (Wildman–Crippen LogP) is 5.82. The van der Waals surface area contributed by atoms with E-state index in [9.17, 15) is 14.4 Å². The molecular weight excluding hydrogens is 674 g/mol. The number of rotatable bonds is 4. The average Bonchev–Trinajstić information content (AvgIpc) is 3.84. The van der Waals surface area contributed by atoms with Gasteiger partial charge in [-0.1, -0.05) is 5.16 Å². The summed E-state index contributed by atoms with van der Waals surface area (Å²) < 4.78 is 39.8. The van der Waals surface area contributed by atoms with Crippen molar-refractivity contribution in [1.82, 2.24) is 24.9 Å². The number of nitriles is 1. The molecule has 272 valence electrons. The molecule has 5 aliphatic rings. The van der Waals surface area contributed by atoms with Crippen molar-refractivity contribution in [3.8, 4) is 23.5 Å². The van der Waals surface area contributed by atoms with Crippen molar-refractivity contribution in [3.05, 3.63) is 38.6 Å². The number of hydrogen-bond donors (Lipinski definition) is 1. The second kappa shape index (κ2) is 12.4. The molecular formula is C37H46FN7O5S. The number of nitrogen functional groups attached to an aromatic ring is 1. The number of anilines is 1. The summed E-state index contributed by atoms with van der Waals surface area (Å²) in [4.78, 5) is 28.4. The average molecular weight is 720 g/mol. The fourth-order valence-electron chi connectivity index (χ4n) is 9.26. The van der Waals surface area contributed by atoms with Crippen molar-refractivity contribution in [2.24, 2.45) is 0 Å². The SMILES string of the molecule is C[C@H](Oc1nc(-c2noc3c2CCC[C@@]32CCCc3sc(N)c(C#N)c32)nc2c1CC[C@]21CN(C(=O)OC(C)(C)C)CCO1)[C@@H]1C[C@@H](F)CN1C. The van der Waals surface area contributed by atoms with E-state index in [0.29, 0.717) is 72.6 Å². The number of amides is 1. The van der Waals surface area contributed by atoms with E-state index in [0.717, 1.165) is 65.9 Å². The third kappa shape index (κ3) is 5.67. The van der Waals surface area contributed by atoms with E-state index in [4.69, 9.17) is 34.4 Å². The highest BCUT2D eigenvalue weighted by molar-refractivity contribution is 7.16. The first-order valence-corrected chi connectivity index (χ1v) is 19.0. The zero-order chi connectivity index (χ0) is 35.9. The first kappa shape index (κ1) is 34.3. The third-order valence-corrected chi connectivity index (χ3v) is 12.6. The number of likely N-dealkylation sites (tertiary alicyclic amines) is 1. The number of hydrogen-bond acceptors (Lipinski definition) is 12. The monoisotopic (exact) mass is 719 g/mol. The Hall–Kier alpha value is -3.80. The van der Waals surface area contributed by atoms with Gasteiger partial charge in [-0.3, -0.25) is 4.90 Å². The number of alkyl halides is 1. The van der Waals surface area contributed by atoms with Crippen molar-refractivity contribution in [1.29, 1.82) is 5.26 Å². The summed E-state index contributed by atoms with van der Waals surface area (Å²) in [5, 5.41) is 15.4. The van der Waals surface area contributed by atoms with Gasteiger partial charge >= 0.3 is 6.09 Å². The summed E-state index contributed by atoms with van der Waals surface area (Å²) in [5.74, 6) is 1.55. The lowest BCUT2D eigenvalue weighted by molar-refractivity contribution is -0.114. The fourth-order valence-corrected chi connectivity index (χ4v) is 10.4. The van der Waals surface area contributed by atoms with Crippen LogP contribution in [0.15, 0.2) is 4.52 Å². The molecule has 12 nitrogen and oxygen atoms in total. The van der Waals surface area contributed by atoms with Gasteiger partial charge in [0, 0.05) is 35.1 Å². The van der Waals surface area contributed by atoms with Crippen LogP contribution in [-0.2, 0) is 39.8 Å².